The van der Waals surface area contributed by atoms with Crippen LogP contribution in [0.5, 0.6) is 0 Å². The highest BCUT2D eigenvalue weighted by atomic mass is 31.2. The molecule has 0 amide bonds. The summed E-state index contributed by atoms with van der Waals surface area (Å²) in [6, 6.07) is 0. The minimum atomic E-state index is -2.88. The summed E-state index contributed by atoms with van der Waals surface area (Å²) in [6.07, 6.45) is 8.12. The van der Waals surface area contributed by atoms with Gasteiger partial charge in [0.05, 0.1) is 12.7 Å². The van der Waals surface area contributed by atoms with Crippen molar-refractivity contribution >= 4 is 7.60 Å². The first kappa shape index (κ1) is 18.2. The third kappa shape index (κ3) is 7.78. The van der Waals surface area contributed by atoms with E-state index in [1.807, 2.05) is 0 Å². The van der Waals surface area contributed by atoms with Gasteiger partial charge in [-0.2, -0.15) is 0 Å². The van der Waals surface area contributed by atoms with E-state index in [1.54, 1.807) is 6.66 Å². The Morgan fingerprint density at radius 1 is 1.05 bits per heavy atom. The second-order valence-corrected chi connectivity index (χ2v) is 7.82. The standard InChI is InChI=1S/C15H32NO3P/c1-4-11-16(12-5-2)13-14-18-20(3,17)19-15-9-7-6-8-10-15/h15H,4-14H2,1-3H3. The van der Waals surface area contributed by atoms with E-state index in [1.165, 1.54) is 19.3 Å². The van der Waals surface area contributed by atoms with Gasteiger partial charge in [0, 0.05) is 13.2 Å². The van der Waals surface area contributed by atoms with E-state index in [2.05, 4.69) is 18.7 Å². The molecule has 1 unspecified atom stereocenters. The van der Waals surface area contributed by atoms with Gasteiger partial charge < -0.3 is 13.9 Å². The van der Waals surface area contributed by atoms with Crippen LogP contribution in [-0.4, -0.2) is 43.9 Å². The molecular weight excluding hydrogens is 273 g/mol. The lowest BCUT2D eigenvalue weighted by Crippen LogP contribution is -2.29. The van der Waals surface area contributed by atoms with Crippen molar-refractivity contribution in [2.24, 2.45) is 0 Å². The molecule has 1 aliphatic carbocycles. The fraction of sp³-hybridized carbons (Fsp3) is 1.00. The molecule has 0 aromatic heterocycles. The summed E-state index contributed by atoms with van der Waals surface area (Å²) in [4.78, 5) is 2.36. The lowest BCUT2D eigenvalue weighted by atomic mass is 9.98. The van der Waals surface area contributed by atoms with Crippen LogP contribution in [-0.2, 0) is 13.6 Å². The predicted molar refractivity (Wildman–Crippen MR) is 84.5 cm³/mol. The molecule has 0 bridgehead atoms. The molecule has 20 heavy (non-hydrogen) atoms. The van der Waals surface area contributed by atoms with Gasteiger partial charge in [-0.25, -0.2) is 0 Å². The summed E-state index contributed by atoms with van der Waals surface area (Å²) >= 11 is 0. The monoisotopic (exact) mass is 305 g/mol. The van der Waals surface area contributed by atoms with E-state index in [9.17, 15) is 4.57 Å². The summed E-state index contributed by atoms with van der Waals surface area (Å²) in [5.41, 5.74) is 0. The Balaban J connectivity index is 2.25. The molecule has 1 saturated carbocycles. The molecule has 0 radical (unpaired) electrons. The van der Waals surface area contributed by atoms with Crippen molar-refractivity contribution in [2.75, 3.05) is 32.9 Å². The zero-order valence-corrected chi connectivity index (χ0v) is 14.4. The molecule has 0 spiro atoms. The third-order valence-electron chi connectivity index (χ3n) is 3.71. The fourth-order valence-corrected chi connectivity index (χ4v) is 4.00. The van der Waals surface area contributed by atoms with Crippen molar-refractivity contribution in [3.63, 3.8) is 0 Å². The highest BCUT2D eigenvalue weighted by Gasteiger charge is 2.24. The Hall–Kier alpha value is 0.110. The zero-order valence-electron chi connectivity index (χ0n) is 13.5. The summed E-state index contributed by atoms with van der Waals surface area (Å²) < 4.78 is 23.6. The lowest BCUT2D eigenvalue weighted by Gasteiger charge is -2.26. The topological polar surface area (TPSA) is 38.8 Å². The highest BCUT2D eigenvalue weighted by molar-refractivity contribution is 7.53. The van der Waals surface area contributed by atoms with Crippen LogP contribution >= 0.6 is 7.60 Å². The molecule has 0 aromatic carbocycles. The number of hydrogen-bond acceptors (Lipinski definition) is 4. The maximum absolute atomic E-state index is 12.3. The van der Waals surface area contributed by atoms with Crippen LogP contribution in [0.1, 0.15) is 58.8 Å². The van der Waals surface area contributed by atoms with E-state index in [4.69, 9.17) is 9.05 Å². The van der Waals surface area contributed by atoms with Crippen molar-refractivity contribution < 1.29 is 13.6 Å². The second kappa shape index (κ2) is 9.94. The van der Waals surface area contributed by atoms with E-state index in [-0.39, 0.29) is 6.10 Å². The smallest absolute Gasteiger partial charge is 0.307 e. The molecular formula is C15H32NO3P. The summed E-state index contributed by atoms with van der Waals surface area (Å²) in [5.74, 6) is 0. The molecule has 120 valence electrons. The van der Waals surface area contributed by atoms with Gasteiger partial charge in [0.1, 0.15) is 0 Å². The first-order valence-corrected chi connectivity index (χ1v) is 10.2. The van der Waals surface area contributed by atoms with Crippen LogP contribution in [0.4, 0.5) is 0 Å². The molecule has 0 heterocycles. The van der Waals surface area contributed by atoms with E-state index in [0.29, 0.717) is 6.61 Å². The second-order valence-electron chi connectivity index (χ2n) is 5.81. The van der Waals surface area contributed by atoms with Crippen LogP contribution in [0.3, 0.4) is 0 Å². The zero-order chi connectivity index (χ0) is 14.8. The fourth-order valence-electron chi connectivity index (χ4n) is 2.78. The molecule has 5 heteroatoms. The molecule has 1 aliphatic rings. The van der Waals surface area contributed by atoms with Gasteiger partial charge in [0.15, 0.2) is 0 Å². The maximum atomic E-state index is 12.3. The Kier molecular flexibility index (Phi) is 9.03. The summed E-state index contributed by atoms with van der Waals surface area (Å²) in [5, 5.41) is 0. The van der Waals surface area contributed by atoms with Gasteiger partial charge >= 0.3 is 7.60 Å². The van der Waals surface area contributed by atoms with E-state index in [0.717, 1.165) is 45.3 Å². The van der Waals surface area contributed by atoms with Crippen LogP contribution in [0.2, 0.25) is 0 Å². The molecule has 0 aromatic rings. The molecule has 1 atom stereocenters. The third-order valence-corrected chi connectivity index (χ3v) is 5.04. The normalized spacial score (nSPS) is 20.2. The number of nitrogens with zero attached hydrogens (tertiary/aromatic N) is 1. The molecule has 0 aliphatic heterocycles. The van der Waals surface area contributed by atoms with Crippen molar-refractivity contribution in [3.05, 3.63) is 0 Å². The van der Waals surface area contributed by atoms with Crippen molar-refractivity contribution in [2.45, 2.75) is 64.9 Å². The minimum absolute atomic E-state index is 0.141. The Bertz CT molecular complexity index is 287. The van der Waals surface area contributed by atoms with Crippen LogP contribution in [0.25, 0.3) is 0 Å². The molecule has 1 fully saturated rings. The van der Waals surface area contributed by atoms with Gasteiger partial charge in [0.2, 0.25) is 0 Å². The average Bonchev–Trinajstić information content (AvgIpc) is 2.39. The largest absolute Gasteiger partial charge is 0.327 e. The van der Waals surface area contributed by atoms with Crippen LogP contribution in [0.15, 0.2) is 0 Å². The Labute approximate surface area is 124 Å². The first-order valence-electron chi connectivity index (χ1n) is 8.20. The number of rotatable bonds is 10. The Morgan fingerprint density at radius 3 is 2.20 bits per heavy atom. The quantitative estimate of drug-likeness (QED) is 0.564. The highest BCUT2D eigenvalue weighted by Crippen LogP contribution is 2.47. The van der Waals surface area contributed by atoms with Crippen molar-refractivity contribution in [1.29, 1.82) is 0 Å². The molecule has 1 rings (SSSR count). The van der Waals surface area contributed by atoms with Crippen molar-refractivity contribution in [1.82, 2.24) is 4.90 Å². The first-order chi connectivity index (χ1) is 9.57. The molecule has 4 nitrogen and oxygen atoms in total. The summed E-state index contributed by atoms with van der Waals surface area (Å²) in [7, 11) is -2.88. The van der Waals surface area contributed by atoms with Gasteiger partial charge in [-0.1, -0.05) is 33.1 Å². The van der Waals surface area contributed by atoms with Gasteiger partial charge in [-0.3, -0.25) is 4.57 Å². The average molecular weight is 305 g/mol. The molecule has 0 saturated heterocycles. The SMILES string of the molecule is CCCN(CCC)CCOP(C)(=O)OC1CCCCC1. The van der Waals surface area contributed by atoms with E-state index >= 15 is 0 Å². The van der Waals surface area contributed by atoms with Crippen LogP contribution in [0, 0.1) is 0 Å². The minimum Gasteiger partial charge on any atom is -0.307 e. The lowest BCUT2D eigenvalue weighted by molar-refractivity contribution is 0.112. The predicted octanol–water partition coefficient (Wildman–Crippen LogP) is 4.30. The van der Waals surface area contributed by atoms with Gasteiger partial charge in [-0.05, 0) is 38.8 Å². The Morgan fingerprint density at radius 2 is 1.65 bits per heavy atom. The number of hydrogen-bond donors (Lipinski definition) is 0. The molecule has 0 N–H and O–H groups in total. The van der Waals surface area contributed by atoms with Crippen LogP contribution < -0.4 is 0 Å². The maximum Gasteiger partial charge on any atom is 0.327 e. The van der Waals surface area contributed by atoms with E-state index < -0.39 is 7.60 Å². The van der Waals surface area contributed by atoms with Gasteiger partial charge in [-0.15, -0.1) is 0 Å². The van der Waals surface area contributed by atoms with Crippen molar-refractivity contribution in [3.8, 4) is 0 Å². The summed E-state index contributed by atoms with van der Waals surface area (Å²) in [6.45, 7) is 9.48. The van der Waals surface area contributed by atoms with Gasteiger partial charge in [0.25, 0.3) is 0 Å².